The molecule has 84 valence electrons. The Kier molecular flexibility index (Phi) is 6.22. The van der Waals surface area contributed by atoms with Gasteiger partial charge in [0, 0.05) is 0 Å². The summed E-state index contributed by atoms with van der Waals surface area (Å²) in [6, 6.07) is 0. The highest BCUT2D eigenvalue weighted by Crippen LogP contribution is 2.13. The van der Waals surface area contributed by atoms with Crippen LogP contribution in [0.15, 0.2) is 0 Å². The highest BCUT2D eigenvalue weighted by Gasteiger charge is 2.28. The molecule has 0 aromatic rings. The fourth-order valence-electron chi connectivity index (χ4n) is 0.613. The lowest BCUT2D eigenvalue weighted by atomic mass is 10.5. The lowest BCUT2D eigenvalue weighted by molar-refractivity contribution is -0.191. The van der Waals surface area contributed by atoms with Crippen LogP contribution < -0.4 is 10.8 Å². The third-order valence-corrected chi connectivity index (χ3v) is 1.13. The molecule has 0 rings (SSSR count). The zero-order valence-electron chi connectivity index (χ0n) is 7.78. The molecule has 1 amide bonds. The molecule has 0 radical (unpaired) electrons. The van der Waals surface area contributed by atoms with Gasteiger partial charge in [-0.2, -0.15) is 13.2 Å². The van der Waals surface area contributed by atoms with E-state index in [4.69, 9.17) is 0 Å². The predicted octanol–water partition coefficient (Wildman–Crippen LogP) is 0.596. The lowest BCUT2D eigenvalue weighted by Gasteiger charge is -2.08. The summed E-state index contributed by atoms with van der Waals surface area (Å²) >= 11 is 0. The Bertz CT molecular complexity index is 173. The first-order valence-corrected chi connectivity index (χ1v) is 4.14. The van der Waals surface area contributed by atoms with Crippen molar-refractivity contribution in [2.24, 2.45) is 0 Å². The van der Waals surface area contributed by atoms with Crippen molar-refractivity contribution in [3.05, 3.63) is 0 Å². The maximum absolute atomic E-state index is 11.5. The number of hydrogen-bond acceptors (Lipinski definition) is 3. The highest BCUT2D eigenvalue weighted by molar-refractivity contribution is 5.76. The van der Waals surface area contributed by atoms with Gasteiger partial charge >= 0.3 is 6.18 Å². The molecule has 2 N–H and O–H groups in total. The number of alkyl halides is 3. The number of carbonyl (C=O) groups excluding carboxylic acids is 1. The van der Waals surface area contributed by atoms with Gasteiger partial charge in [-0.05, 0) is 13.0 Å². The standard InChI is InChI=1S/C7H13F3N2O2/c1-2-3-11-4-6(13)12-14-5-7(8,9)10/h11H,2-5H2,1H3,(H,12,13). The summed E-state index contributed by atoms with van der Waals surface area (Å²) < 4.78 is 34.6. The molecule has 0 heterocycles. The minimum Gasteiger partial charge on any atom is -0.308 e. The maximum atomic E-state index is 11.5. The third kappa shape index (κ3) is 9.27. The van der Waals surface area contributed by atoms with Gasteiger partial charge in [0.1, 0.15) is 0 Å². The molecule has 0 aromatic carbocycles. The van der Waals surface area contributed by atoms with Gasteiger partial charge in [-0.15, -0.1) is 0 Å². The number of amides is 1. The van der Waals surface area contributed by atoms with Crippen molar-refractivity contribution < 1.29 is 22.8 Å². The number of hydrogen-bond donors (Lipinski definition) is 2. The summed E-state index contributed by atoms with van der Waals surface area (Å²) in [5.41, 5.74) is 1.68. The molecule has 14 heavy (non-hydrogen) atoms. The van der Waals surface area contributed by atoms with Crippen molar-refractivity contribution in [1.82, 2.24) is 10.8 Å². The number of halogens is 3. The quantitative estimate of drug-likeness (QED) is 0.502. The van der Waals surface area contributed by atoms with E-state index in [-0.39, 0.29) is 6.54 Å². The Labute approximate surface area is 79.8 Å². The molecule has 0 bridgehead atoms. The monoisotopic (exact) mass is 214 g/mol. The summed E-state index contributed by atoms with van der Waals surface area (Å²) in [5.74, 6) is -0.622. The summed E-state index contributed by atoms with van der Waals surface area (Å²) in [7, 11) is 0. The Balaban J connectivity index is 3.36. The molecule has 0 unspecified atom stereocenters. The van der Waals surface area contributed by atoms with Gasteiger partial charge in [0.15, 0.2) is 6.61 Å². The molecule has 0 aliphatic carbocycles. The Morgan fingerprint density at radius 1 is 1.43 bits per heavy atom. The molecular weight excluding hydrogens is 201 g/mol. The van der Waals surface area contributed by atoms with Crippen LogP contribution in [0.25, 0.3) is 0 Å². The van der Waals surface area contributed by atoms with Crippen LogP contribution in [-0.2, 0) is 9.63 Å². The molecule has 0 fully saturated rings. The van der Waals surface area contributed by atoms with Crippen molar-refractivity contribution in [2.75, 3.05) is 19.7 Å². The molecule has 0 saturated carbocycles. The molecule has 0 atom stereocenters. The van der Waals surface area contributed by atoms with Crippen molar-refractivity contribution >= 4 is 5.91 Å². The van der Waals surface area contributed by atoms with Crippen LogP contribution in [0.5, 0.6) is 0 Å². The molecule has 0 aliphatic rings. The van der Waals surface area contributed by atoms with Crippen molar-refractivity contribution in [3.8, 4) is 0 Å². The van der Waals surface area contributed by atoms with Crippen LogP contribution in [0, 0.1) is 0 Å². The number of rotatable bonds is 6. The molecule has 7 heteroatoms. The highest BCUT2D eigenvalue weighted by atomic mass is 19.4. The van der Waals surface area contributed by atoms with E-state index in [9.17, 15) is 18.0 Å². The van der Waals surface area contributed by atoms with Gasteiger partial charge in [0.2, 0.25) is 0 Å². The van der Waals surface area contributed by atoms with E-state index in [0.29, 0.717) is 6.54 Å². The summed E-state index contributed by atoms with van der Waals surface area (Å²) in [6.07, 6.45) is -3.58. The third-order valence-electron chi connectivity index (χ3n) is 1.13. The average molecular weight is 214 g/mol. The Morgan fingerprint density at radius 2 is 2.07 bits per heavy atom. The largest absolute Gasteiger partial charge is 0.414 e. The Morgan fingerprint density at radius 3 is 2.57 bits per heavy atom. The van der Waals surface area contributed by atoms with Crippen LogP contribution in [0.3, 0.4) is 0 Å². The van der Waals surface area contributed by atoms with Crippen LogP contribution in [0.4, 0.5) is 13.2 Å². The van der Waals surface area contributed by atoms with E-state index < -0.39 is 18.7 Å². The maximum Gasteiger partial charge on any atom is 0.414 e. The van der Waals surface area contributed by atoms with Crippen LogP contribution >= 0.6 is 0 Å². The first-order chi connectivity index (χ1) is 6.45. The van der Waals surface area contributed by atoms with Crippen molar-refractivity contribution in [1.29, 1.82) is 0 Å². The molecule has 0 saturated heterocycles. The van der Waals surface area contributed by atoms with E-state index >= 15 is 0 Å². The van der Waals surface area contributed by atoms with Gasteiger partial charge in [0.05, 0.1) is 6.54 Å². The Hall–Kier alpha value is -0.820. The zero-order valence-corrected chi connectivity index (χ0v) is 7.78. The van der Waals surface area contributed by atoms with Gasteiger partial charge in [-0.3, -0.25) is 9.63 Å². The first kappa shape index (κ1) is 13.2. The number of carbonyl (C=O) groups is 1. The molecule has 0 aromatic heterocycles. The SMILES string of the molecule is CCCNCC(=O)NOCC(F)(F)F. The van der Waals surface area contributed by atoms with Gasteiger partial charge in [-0.25, -0.2) is 5.48 Å². The molecular formula is C7H13F3N2O2. The second-order valence-corrected chi connectivity index (χ2v) is 2.61. The van der Waals surface area contributed by atoms with E-state index in [0.717, 1.165) is 6.42 Å². The zero-order chi connectivity index (χ0) is 11.0. The molecule has 0 spiro atoms. The van der Waals surface area contributed by atoms with E-state index in [1.165, 1.54) is 0 Å². The molecule has 0 aliphatic heterocycles. The second kappa shape index (κ2) is 6.61. The predicted molar refractivity (Wildman–Crippen MR) is 43.3 cm³/mol. The fraction of sp³-hybridized carbons (Fsp3) is 0.857. The topological polar surface area (TPSA) is 50.4 Å². The molecule has 4 nitrogen and oxygen atoms in total. The van der Waals surface area contributed by atoms with Gasteiger partial charge in [0.25, 0.3) is 5.91 Å². The van der Waals surface area contributed by atoms with E-state index in [1.54, 1.807) is 5.48 Å². The van der Waals surface area contributed by atoms with Crippen LogP contribution in [0.1, 0.15) is 13.3 Å². The smallest absolute Gasteiger partial charge is 0.308 e. The fourth-order valence-corrected chi connectivity index (χ4v) is 0.613. The number of hydroxylamine groups is 1. The number of nitrogens with one attached hydrogen (secondary N) is 2. The van der Waals surface area contributed by atoms with Crippen LogP contribution in [0.2, 0.25) is 0 Å². The van der Waals surface area contributed by atoms with Crippen molar-refractivity contribution in [3.63, 3.8) is 0 Å². The average Bonchev–Trinajstić information content (AvgIpc) is 2.02. The van der Waals surface area contributed by atoms with E-state index in [1.807, 2.05) is 6.92 Å². The van der Waals surface area contributed by atoms with Gasteiger partial charge in [-0.1, -0.05) is 6.92 Å². The second-order valence-electron chi connectivity index (χ2n) is 2.61. The van der Waals surface area contributed by atoms with Gasteiger partial charge < -0.3 is 5.32 Å². The summed E-state index contributed by atoms with van der Waals surface area (Å²) in [6.45, 7) is 1.01. The summed E-state index contributed by atoms with van der Waals surface area (Å²) in [4.78, 5) is 14.7. The summed E-state index contributed by atoms with van der Waals surface area (Å²) in [5, 5.41) is 2.71. The minimum atomic E-state index is -4.43. The normalized spacial score (nSPS) is 11.4. The minimum absolute atomic E-state index is 0.0499. The lowest BCUT2D eigenvalue weighted by Crippen LogP contribution is -2.36. The first-order valence-electron chi connectivity index (χ1n) is 4.14. The van der Waals surface area contributed by atoms with E-state index in [2.05, 4.69) is 10.2 Å². The van der Waals surface area contributed by atoms with Crippen LogP contribution in [-0.4, -0.2) is 31.8 Å². The van der Waals surface area contributed by atoms with Crippen molar-refractivity contribution in [2.45, 2.75) is 19.5 Å².